The number of nitrogens with one attached hydrogen (secondary N) is 1. The summed E-state index contributed by atoms with van der Waals surface area (Å²) < 4.78 is 15.7. The molecular formula is C21H21NO4. The molecule has 0 unspecified atom stereocenters. The van der Waals surface area contributed by atoms with Gasteiger partial charge in [0.15, 0.2) is 0 Å². The van der Waals surface area contributed by atoms with Gasteiger partial charge in [0.05, 0.1) is 27.2 Å². The van der Waals surface area contributed by atoms with E-state index < -0.39 is 0 Å². The van der Waals surface area contributed by atoms with Crippen molar-refractivity contribution < 1.29 is 19.0 Å². The average molecular weight is 351 g/mol. The highest BCUT2D eigenvalue weighted by Crippen LogP contribution is 2.46. The van der Waals surface area contributed by atoms with E-state index in [1.807, 2.05) is 42.5 Å². The third-order valence-corrected chi connectivity index (χ3v) is 5.26. The molecule has 1 N–H and O–H groups in total. The van der Waals surface area contributed by atoms with E-state index in [0.717, 1.165) is 39.2 Å². The first kappa shape index (κ1) is 16.5. The largest absolute Gasteiger partial charge is 0.497 e. The highest BCUT2D eigenvalue weighted by atomic mass is 16.5. The fourth-order valence-electron chi connectivity index (χ4n) is 3.98. The summed E-state index contributed by atoms with van der Waals surface area (Å²) in [7, 11) is 4.75. The topological polar surface area (TPSA) is 60.6 Å². The van der Waals surface area contributed by atoms with E-state index in [1.54, 1.807) is 14.2 Å². The van der Waals surface area contributed by atoms with Crippen LogP contribution in [0.3, 0.4) is 0 Å². The molecule has 26 heavy (non-hydrogen) atoms. The lowest BCUT2D eigenvalue weighted by Crippen LogP contribution is -2.22. The normalized spacial score (nSPS) is 18.6. The first-order valence-electron chi connectivity index (χ1n) is 8.56. The van der Waals surface area contributed by atoms with Gasteiger partial charge in [-0.3, -0.25) is 4.79 Å². The van der Waals surface area contributed by atoms with Crippen LogP contribution in [0.1, 0.15) is 22.7 Å². The molecule has 5 nitrogen and oxygen atoms in total. The van der Waals surface area contributed by atoms with E-state index in [1.165, 1.54) is 7.11 Å². The van der Waals surface area contributed by atoms with Gasteiger partial charge in [0.2, 0.25) is 0 Å². The molecule has 1 aliphatic rings. The predicted octanol–water partition coefficient (Wildman–Crippen LogP) is 3.66. The average Bonchev–Trinajstić information content (AvgIpc) is 3.23. The minimum absolute atomic E-state index is 0.0678. The lowest BCUT2D eigenvalue weighted by molar-refractivity contribution is -0.145. The summed E-state index contributed by atoms with van der Waals surface area (Å²) in [5.74, 6) is 1.10. The molecule has 4 rings (SSSR count). The van der Waals surface area contributed by atoms with Crippen LogP contribution in [0.2, 0.25) is 0 Å². The van der Waals surface area contributed by atoms with E-state index in [9.17, 15) is 4.79 Å². The standard InChI is InChI=1S/C21H21NO4/c1-24-13-6-4-12(5-7-13)19-17(21(23)26-3)11-16-15-10-14(25-2)8-9-18(15)22-20(16)19/h4-10,17,19,22H,11H2,1-3H3/t17-,19+/m1/s1. The van der Waals surface area contributed by atoms with Crippen molar-refractivity contribution in [3.8, 4) is 11.5 Å². The molecule has 134 valence electrons. The first-order valence-corrected chi connectivity index (χ1v) is 8.56. The highest BCUT2D eigenvalue weighted by Gasteiger charge is 2.41. The maximum absolute atomic E-state index is 12.5. The molecular weight excluding hydrogens is 330 g/mol. The fraction of sp³-hybridized carbons (Fsp3) is 0.286. The Kier molecular flexibility index (Phi) is 4.07. The minimum atomic E-state index is -0.245. The number of aromatic nitrogens is 1. The SMILES string of the molecule is COC(=O)[C@@H]1Cc2c([nH]c3ccc(OC)cc23)[C@H]1c1ccc(OC)cc1. The predicted molar refractivity (Wildman–Crippen MR) is 98.9 cm³/mol. The van der Waals surface area contributed by atoms with E-state index in [0.29, 0.717) is 6.42 Å². The number of H-pyrrole nitrogens is 1. The van der Waals surface area contributed by atoms with Crippen LogP contribution in [0.15, 0.2) is 42.5 Å². The minimum Gasteiger partial charge on any atom is -0.497 e. The van der Waals surface area contributed by atoms with Gasteiger partial charge in [-0.05, 0) is 47.9 Å². The van der Waals surface area contributed by atoms with Crippen molar-refractivity contribution in [2.24, 2.45) is 5.92 Å². The van der Waals surface area contributed by atoms with Crippen LogP contribution in [-0.2, 0) is 16.0 Å². The molecule has 0 radical (unpaired) electrons. The van der Waals surface area contributed by atoms with Crippen molar-refractivity contribution in [3.63, 3.8) is 0 Å². The second-order valence-corrected chi connectivity index (χ2v) is 6.51. The van der Waals surface area contributed by atoms with Gasteiger partial charge in [0.25, 0.3) is 0 Å². The number of ether oxygens (including phenoxy) is 3. The molecule has 0 aliphatic heterocycles. The molecule has 5 heteroatoms. The number of rotatable bonds is 4. The van der Waals surface area contributed by atoms with Crippen molar-refractivity contribution in [3.05, 3.63) is 59.3 Å². The Hall–Kier alpha value is -2.95. The smallest absolute Gasteiger partial charge is 0.310 e. The van der Waals surface area contributed by atoms with Crippen LogP contribution in [0, 0.1) is 5.92 Å². The highest BCUT2D eigenvalue weighted by molar-refractivity contribution is 5.89. The molecule has 2 atom stereocenters. The number of hydrogen-bond donors (Lipinski definition) is 1. The summed E-state index contributed by atoms with van der Waals surface area (Å²) >= 11 is 0. The van der Waals surface area contributed by atoms with Crippen molar-refractivity contribution in [1.82, 2.24) is 4.98 Å². The van der Waals surface area contributed by atoms with Gasteiger partial charge in [-0.15, -0.1) is 0 Å². The molecule has 0 bridgehead atoms. The number of carbonyl (C=O) groups is 1. The summed E-state index contributed by atoms with van der Waals surface area (Å²) in [6, 6.07) is 13.9. The van der Waals surface area contributed by atoms with Crippen LogP contribution in [0.4, 0.5) is 0 Å². The van der Waals surface area contributed by atoms with Crippen LogP contribution < -0.4 is 9.47 Å². The van der Waals surface area contributed by atoms with Gasteiger partial charge >= 0.3 is 5.97 Å². The lowest BCUT2D eigenvalue weighted by atomic mass is 9.88. The summed E-state index contributed by atoms with van der Waals surface area (Å²) in [6.07, 6.45) is 0.645. The molecule has 0 saturated carbocycles. The van der Waals surface area contributed by atoms with Gasteiger partial charge in [-0.25, -0.2) is 0 Å². The second-order valence-electron chi connectivity index (χ2n) is 6.51. The summed E-state index contributed by atoms with van der Waals surface area (Å²) in [6.45, 7) is 0. The van der Waals surface area contributed by atoms with Crippen molar-refractivity contribution >= 4 is 16.9 Å². The number of benzene rings is 2. The summed E-state index contributed by atoms with van der Waals surface area (Å²) in [5, 5.41) is 1.10. The third kappa shape index (κ3) is 2.51. The van der Waals surface area contributed by atoms with Crippen molar-refractivity contribution in [2.45, 2.75) is 12.3 Å². The summed E-state index contributed by atoms with van der Waals surface area (Å²) in [4.78, 5) is 16.0. The van der Waals surface area contributed by atoms with Crippen LogP contribution in [0.5, 0.6) is 11.5 Å². The maximum Gasteiger partial charge on any atom is 0.310 e. The molecule has 0 fully saturated rings. The maximum atomic E-state index is 12.5. The van der Waals surface area contributed by atoms with Crippen molar-refractivity contribution in [2.75, 3.05) is 21.3 Å². The number of hydrogen-bond acceptors (Lipinski definition) is 4. The van der Waals surface area contributed by atoms with Crippen molar-refractivity contribution in [1.29, 1.82) is 0 Å². The third-order valence-electron chi connectivity index (χ3n) is 5.26. The van der Waals surface area contributed by atoms with Gasteiger partial charge in [0, 0.05) is 22.5 Å². The number of carbonyl (C=O) groups excluding carboxylic acids is 1. The number of methoxy groups -OCH3 is 3. The lowest BCUT2D eigenvalue weighted by Gasteiger charge is -2.19. The van der Waals surface area contributed by atoms with E-state index in [-0.39, 0.29) is 17.8 Å². The zero-order chi connectivity index (χ0) is 18.3. The molecule has 2 aromatic carbocycles. The number of aromatic amines is 1. The first-order chi connectivity index (χ1) is 12.7. The van der Waals surface area contributed by atoms with E-state index >= 15 is 0 Å². The molecule has 1 aliphatic carbocycles. The zero-order valence-electron chi connectivity index (χ0n) is 15.0. The van der Waals surface area contributed by atoms with Crippen LogP contribution in [0.25, 0.3) is 10.9 Å². The Morgan fingerprint density at radius 3 is 2.35 bits per heavy atom. The molecule has 3 aromatic rings. The van der Waals surface area contributed by atoms with Crippen LogP contribution in [-0.4, -0.2) is 32.3 Å². The number of esters is 1. The molecule has 1 aromatic heterocycles. The zero-order valence-corrected chi connectivity index (χ0v) is 15.0. The van der Waals surface area contributed by atoms with Gasteiger partial charge in [-0.1, -0.05) is 12.1 Å². The second kappa shape index (κ2) is 6.41. The van der Waals surface area contributed by atoms with E-state index in [2.05, 4.69) is 4.98 Å². The Morgan fingerprint density at radius 1 is 1.00 bits per heavy atom. The van der Waals surface area contributed by atoms with E-state index in [4.69, 9.17) is 14.2 Å². The fourth-order valence-corrected chi connectivity index (χ4v) is 3.98. The Morgan fingerprint density at radius 2 is 1.69 bits per heavy atom. The monoisotopic (exact) mass is 351 g/mol. The van der Waals surface area contributed by atoms with Gasteiger partial charge in [0.1, 0.15) is 11.5 Å². The molecule has 0 saturated heterocycles. The molecule has 0 amide bonds. The van der Waals surface area contributed by atoms with Gasteiger partial charge < -0.3 is 19.2 Å². The Balaban J connectivity index is 1.85. The summed E-state index contributed by atoms with van der Waals surface area (Å²) in [5.41, 5.74) is 4.36. The molecule has 1 heterocycles. The quantitative estimate of drug-likeness (QED) is 0.729. The Bertz CT molecular complexity index is 958. The van der Waals surface area contributed by atoms with Crippen LogP contribution >= 0.6 is 0 Å². The van der Waals surface area contributed by atoms with Gasteiger partial charge in [-0.2, -0.15) is 0 Å². The Labute approximate surface area is 151 Å². The number of fused-ring (bicyclic) bond motifs is 3. The molecule has 0 spiro atoms.